The molecule has 2 heterocycles. The molecule has 1 aliphatic heterocycles. The average Bonchev–Trinajstić information content (AvgIpc) is 2.81. The summed E-state index contributed by atoms with van der Waals surface area (Å²) in [5.74, 6) is -0.161. The maximum Gasteiger partial charge on any atom is 0.255 e. The molecule has 166 valence electrons. The lowest BCUT2D eigenvalue weighted by Crippen LogP contribution is -2.48. The van der Waals surface area contributed by atoms with E-state index in [1.54, 1.807) is 23.1 Å². The van der Waals surface area contributed by atoms with Crippen molar-refractivity contribution in [2.24, 2.45) is 0 Å². The molecule has 0 saturated carbocycles. The van der Waals surface area contributed by atoms with Gasteiger partial charge in [-0.05, 0) is 61.4 Å². The van der Waals surface area contributed by atoms with E-state index in [-0.39, 0.29) is 15.8 Å². The third-order valence-electron chi connectivity index (χ3n) is 5.81. The minimum Gasteiger partial charge on any atom is -0.367 e. The van der Waals surface area contributed by atoms with E-state index in [1.807, 2.05) is 38.1 Å². The smallest absolute Gasteiger partial charge is 0.255 e. The highest BCUT2D eigenvalue weighted by Crippen LogP contribution is 2.26. The lowest BCUT2D eigenvalue weighted by molar-refractivity contribution is 0.0746. The molecule has 0 N–H and O–H groups in total. The average molecular weight is 470 g/mol. The summed E-state index contributed by atoms with van der Waals surface area (Å²) < 4.78 is 25.8. The van der Waals surface area contributed by atoms with Gasteiger partial charge in [-0.25, -0.2) is 13.4 Å². The van der Waals surface area contributed by atoms with Crippen LogP contribution in [0.5, 0.6) is 0 Å². The Kier molecular flexibility index (Phi) is 6.22. The first-order valence-electron chi connectivity index (χ1n) is 10.3. The first-order chi connectivity index (χ1) is 15.3. The Morgan fingerprint density at radius 1 is 0.938 bits per heavy atom. The molecule has 1 aromatic heterocycles. The van der Waals surface area contributed by atoms with Gasteiger partial charge in [-0.2, -0.15) is 0 Å². The minimum atomic E-state index is -3.74. The molecule has 0 radical (unpaired) electrons. The number of rotatable bonds is 4. The number of hydrogen-bond acceptors (Lipinski definition) is 5. The van der Waals surface area contributed by atoms with Gasteiger partial charge in [0.05, 0.1) is 21.2 Å². The Hall–Kier alpha value is -2.90. The molecule has 1 amide bonds. The summed E-state index contributed by atoms with van der Waals surface area (Å²) in [6.07, 6.45) is 1.34. The summed E-state index contributed by atoms with van der Waals surface area (Å²) >= 11 is 6.28. The zero-order chi connectivity index (χ0) is 22.9. The predicted molar refractivity (Wildman–Crippen MR) is 125 cm³/mol. The fourth-order valence-electron chi connectivity index (χ4n) is 3.71. The summed E-state index contributed by atoms with van der Waals surface area (Å²) in [7, 11) is -3.74. The van der Waals surface area contributed by atoms with Gasteiger partial charge in [0.25, 0.3) is 5.91 Å². The number of carbonyl (C=O) groups is 1. The van der Waals surface area contributed by atoms with Gasteiger partial charge in [0, 0.05) is 32.4 Å². The van der Waals surface area contributed by atoms with Crippen LogP contribution in [0, 0.1) is 13.8 Å². The van der Waals surface area contributed by atoms with Crippen molar-refractivity contribution in [2.45, 2.75) is 23.8 Å². The van der Waals surface area contributed by atoms with Crippen LogP contribution in [0.3, 0.4) is 0 Å². The van der Waals surface area contributed by atoms with Gasteiger partial charge < -0.3 is 9.80 Å². The number of hydrogen-bond donors (Lipinski definition) is 0. The molecule has 0 atom stereocenters. The number of anilines is 1. The third kappa shape index (κ3) is 4.36. The van der Waals surface area contributed by atoms with Gasteiger partial charge in [-0.15, -0.1) is 0 Å². The number of nitrogens with zero attached hydrogens (tertiary/aromatic N) is 3. The fourth-order valence-corrected chi connectivity index (χ4v) is 5.22. The molecule has 6 nitrogen and oxygen atoms in total. The summed E-state index contributed by atoms with van der Waals surface area (Å²) in [5, 5.41) is 0.623. The molecule has 0 spiro atoms. The Morgan fingerprint density at radius 2 is 1.66 bits per heavy atom. The van der Waals surface area contributed by atoms with E-state index in [0.29, 0.717) is 36.8 Å². The zero-order valence-electron chi connectivity index (χ0n) is 18.0. The van der Waals surface area contributed by atoms with Crippen molar-refractivity contribution in [1.29, 1.82) is 0 Å². The summed E-state index contributed by atoms with van der Waals surface area (Å²) in [4.78, 5) is 21.1. The first-order valence-corrected chi connectivity index (χ1v) is 12.2. The molecule has 0 bridgehead atoms. The van der Waals surface area contributed by atoms with Crippen LogP contribution in [0.4, 0.5) is 5.69 Å². The molecule has 32 heavy (non-hydrogen) atoms. The number of carbonyl (C=O) groups excluding carboxylic acids is 1. The maximum absolute atomic E-state index is 12.9. The number of aromatic nitrogens is 1. The second-order valence-corrected chi connectivity index (χ2v) is 10.2. The number of piperazine rings is 1. The molecule has 0 unspecified atom stereocenters. The Bertz CT molecular complexity index is 1250. The van der Waals surface area contributed by atoms with E-state index < -0.39 is 9.84 Å². The lowest BCUT2D eigenvalue weighted by atomic mass is 10.1. The number of amides is 1. The summed E-state index contributed by atoms with van der Waals surface area (Å²) in [6, 6.07) is 15.6. The summed E-state index contributed by atoms with van der Waals surface area (Å²) in [6.45, 7) is 6.23. The normalized spacial score (nSPS) is 14.5. The van der Waals surface area contributed by atoms with Crippen LogP contribution in [0.25, 0.3) is 0 Å². The van der Waals surface area contributed by atoms with Crippen LogP contribution in [-0.4, -0.2) is 50.4 Å². The monoisotopic (exact) mass is 469 g/mol. The van der Waals surface area contributed by atoms with Crippen molar-refractivity contribution in [3.05, 3.63) is 82.5 Å². The van der Waals surface area contributed by atoms with Crippen molar-refractivity contribution in [3.8, 4) is 0 Å². The van der Waals surface area contributed by atoms with Crippen molar-refractivity contribution < 1.29 is 13.2 Å². The molecule has 1 aliphatic rings. The second kappa shape index (κ2) is 8.92. The zero-order valence-corrected chi connectivity index (χ0v) is 19.5. The lowest BCUT2D eigenvalue weighted by Gasteiger charge is -2.36. The largest absolute Gasteiger partial charge is 0.367 e. The number of aryl methyl sites for hydroxylation is 2. The molecule has 1 fully saturated rings. The molecular formula is C24H24ClN3O3S. The van der Waals surface area contributed by atoms with E-state index >= 15 is 0 Å². The number of benzene rings is 2. The highest BCUT2D eigenvalue weighted by Gasteiger charge is 2.25. The van der Waals surface area contributed by atoms with Gasteiger partial charge in [-0.1, -0.05) is 29.8 Å². The third-order valence-corrected chi connectivity index (χ3v) is 7.79. The Labute approximate surface area is 193 Å². The van der Waals surface area contributed by atoms with Gasteiger partial charge in [-0.3, -0.25) is 4.79 Å². The van der Waals surface area contributed by atoms with Crippen LogP contribution >= 0.6 is 11.6 Å². The molecule has 4 rings (SSSR count). The van der Waals surface area contributed by atoms with Gasteiger partial charge >= 0.3 is 0 Å². The number of para-hydroxylation sites is 1. The molecule has 1 saturated heterocycles. The number of pyridine rings is 1. The SMILES string of the molecule is Cc1ccc(S(=O)(=O)c2ccc(C(=O)N3CCN(c4ccccc4Cl)CC3)cn2)cc1C. The Balaban J connectivity index is 1.46. The molecule has 3 aromatic rings. The van der Waals surface area contributed by atoms with Crippen molar-refractivity contribution in [3.63, 3.8) is 0 Å². The van der Waals surface area contributed by atoms with Crippen molar-refractivity contribution in [2.75, 3.05) is 31.1 Å². The molecule has 8 heteroatoms. The van der Waals surface area contributed by atoms with Gasteiger partial charge in [0.2, 0.25) is 9.84 Å². The molecule has 0 aliphatic carbocycles. The first kappa shape index (κ1) is 22.3. The highest BCUT2D eigenvalue weighted by atomic mass is 35.5. The maximum atomic E-state index is 12.9. The van der Waals surface area contributed by atoms with Gasteiger partial charge in [0.15, 0.2) is 5.03 Å². The fraction of sp³-hybridized carbons (Fsp3) is 0.250. The summed E-state index contributed by atoms with van der Waals surface area (Å²) in [5.41, 5.74) is 3.25. The Morgan fingerprint density at radius 3 is 2.28 bits per heavy atom. The van der Waals surface area contributed by atoms with E-state index in [1.165, 1.54) is 18.3 Å². The predicted octanol–water partition coefficient (Wildman–Crippen LogP) is 4.15. The van der Waals surface area contributed by atoms with E-state index in [9.17, 15) is 13.2 Å². The molecule has 2 aromatic carbocycles. The highest BCUT2D eigenvalue weighted by molar-refractivity contribution is 7.91. The van der Waals surface area contributed by atoms with Gasteiger partial charge in [0.1, 0.15) is 0 Å². The molecular weight excluding hydrogens is 446 g/mol. The van der Waals surface area contributed by atoms with Crippen LogP contribution in [0.15, 0.2) is 70.7 Å². The van der Waals surface area contributed by atoms with Crippen LogP contribution in [-0.2, 0) is 9.84 Å². The van der Waals surface area contributed by atoms with Crippen LogP contribution in [0.2, 0.25) is 5.02 Å². The number of halogens is 1. The van der Waals surface area contributed by atoms with E-state index in [2.05, 4.69) is 9.88 Å². The van der Waals surface area contributed by atoms with E-state index in [4.69, 9.17) is 11.6 Å². The van der Waals surface area contributed by atoms with Crippen molar-refractivity contribution in [1.82, 2.24) is 9.88 Å². The topological polar surface area (TPSA) is 70.6 Å². The number of sulfone groups is 1. The quantitative estimate of drug-likeness (QED) is 0.574. The standard InChI is InChI=1S/C24H24ClN3O3S/c1-17-7-9-20(15-18(17)2)32(30,31)23-10-8-19(16-26-23)24(29)28-13-11-27(12-14-28)22-6-4-3-5-21(22)25/h3-10,15-16H,11-14H2,1-2H3. The minimum absolute atomic E-state index is 0.0687. The van der Waals surface area contributed by atoms with E-state index in [0.717, 1.165) is 16.8 Å². The van der Waals surface area contributed by atoms with Crippen LogP contribution in [0.1, 0.15) is 21.5 Å². The second-order valence-electron chi connectivity index (χ2n) is 7.87. The van der Waals surface area contributed by atoms with Crippen molar-refractivity contribution >= 4 is 33.0 Å². The van der Waals surface area contributed by atoms with Crippen LogP contribution < -0.4 is 4.90 Å².